The second kappa shape index (κ2) is 4.15. The summed E-state index contributed by atoms with van der Waals surface area (Å²) >= 11 is 0. The number of benzene rings is 1. The molecule has 0 amide bonds. The van der Waals surface area contributed by atoms with Crippen LogP contribution in [0.15, 0.2) is 41.3 Å². The molecular formula is C10H11NO4S2. The highest BCUT2D eigenvalue weighted by atomic mass is 32.2. The SMILES string of the molecule is O=S1(=O)CC=C(S(=O)(=O)Nc2ccccc2)C1. The minimum atomic E-state index is -3.75. The minimum absolute atomic E-state index is 0.0821. The van der Waals surface area contributed by atoms with Gasteiger partial charge in [0, 0.05) is 5.69 Å². The molecular weight excluding hydrogens is 262 g/mol. The molecule has 0 radical (unpaired) electrons. The number of hydrogen-bond acceptors (Lipinski definition) is 4. The van der Waals surface area contributed by atoms with Crippen molar-refractivity contribution in [2.45, 2.75) is 0 Å². The van der Waals surface area contributed by atoms with Crippen molar-refractivity contribution in [2.75, 3.05) is 16.2 Å². The topological polar surface area (TPSA) is 80.3 Å². The number of sulfonamides is 1. The first-order valence-electron chi connectivity index (χ1n) is 4.86. The van der Waals surface area contributed by atoms with Crippen LogP contribution >= 0.6 is 0 Å². The van der Waals surface area contributed by atoms with Gasteiger partial charge < -0.3 is 0 Å². The minimum Gasteiger partial charge on any atom is -0.280 e. The summed E-state index contributed by atoms with van der Waals surface area (Å²) in [4.78, 5) is -0.0821. The van der Waals surface area contributed by atoms with Crippen LogP contribution in [0.4, 0.5) is 5.69 Å². The monoisotopic (exact) mass is 273 g/mol. The van der Waals surface area contributed by atoms with E-state index in [1.807, 2.05) is 0 Å². The number of sulfone groups is 1. The lowest BCUT2D eigenvalue weighted by atomic mass is 10.3. The van der Waals surface area contributed by atoms with Gasteiger partial charge in [0.2, 0.25) is 0 Å². The Hall–Kier alpha value is -1.34. The third-order valence-electron chi connectivity index (χ3n) is 2.30. The van der Waals surface area contributed by atoms with Crippen molar-refractivity contribution in [1.29, 1.82) is 0 Å². The van der Waals surface area contributed by atoms with E-state index in [-0.39, 0.29) is 10.7 Å². The Morgan fingerprint density at radius 2 is 1.76 bits per heavy atom. The molecule has 0 atom stereocenters. The van der Waals surface area contributed by atoms with Gasteiger partial charge in [-0.1, -0.05) is 24.3 Å². The molecule has 0 bridgehead atoms. The Balaban J connectivity index is 2.22. The van der Waals surface area contributed by atoms with Gasteiger partial charge in [-0.05, 0) is 12.1 Å². The van der Waals surface area contributed by atoms with Gasteiger partial charge in [0.25, 0.3) is 10.0 Å². The third kappa shape index (κ3) is 2.86. The van der Waals surface area contributed by atoms with Crippen LogP contribution in [0.1, 0.15) is 0 Å². The molecule has 0 unspecified atom stereocenters. The standard InChI is InChI=1S/C10H11NO4S2/c12-16(13)7-6-10(8-16)17(14,15)11-9-4-2-1-3-5-9/h1-6,11H,7-8H2. The third-order valence-corrected chi connectivity index (χ3v) is 5.41. The van der Waals surface area contributed by atoms with Crippen molar-refractivity contribution in [1.82, 2.24) is 0 Å². The van der Waals surface area contributed by atoms with Gasteiger partial charge in [0.15, 0.2) is 9.84 Å². The highest BCUT2D eigenvalue weighted by Crippen LogP contribution is 2.20. The molecule has 5 nitrogen and oxygen atoms in total. The number of anilines is 1. The molecule has 1 aromatic carbocycles. The Labute approximate surface area is 100 Å². The second-order valence-electron chi connectivity index (χ2n) is 3.70. The predicted molar refractivity (Wildman–Crippen MR) is 65.7 cm³/mol. The lowest BCUT2D eigenvalue weighted by Crippen LogP contribution is -2.17. The number of nitrogens with one attached hydrogen (secondary N) is 1. The molecule has 0 fully saturated rings. The first kappa shape index (κ1) is 12.1. The van der Waals surface area contributed by atoms with Crippen LogP contribution in [0.2, 0.25) is 0 Å². The summed E-state index contributed by atoms with van der Waals surface area (Å²) in [5, 5.41) is 0. The van der Waals surface area contributed by atoms with Gasteiger partial charge in [0.05, 0.1) is 16.4 Å². The zero-order valence-corrected chi connectivity index (χ0v) is 10.5. The van der Waals surface area contributed by atoms with Crippen LogP contribution in [0.3, 0.4) is 0 Å². The molecule has 1 aliphatic heterocycles. The molecule has 0 aliphatic carbocycles. The highest BCUT2D eigenvalue weighted by Gasteiger charge is 2.28. The van der Waals surface area contributed by atoms with Gasteiger partial charge >= 0.3 is 0 Å². The predicted octanol–water partition coefficient (Wildman–Crippen LogP) is 0.741. The summed E-state index contributed by atoms with van der Waals surface area (Å²) in [6.45, 7) is 0. The Morgan fingerprint density at radius 3 is 2.29 bits per heavy atom. The van der Waals surface area contributed by atoms with Crippen molar-refractivity contribution in [2.24, 2.45) is 0 Å². The fourth-order valence-corrected chi connectivity index (χ4v) is 4.74. The maximum atomic E-state index is 11.8. The van der Waals surface area contributed by atoms with E-state index in [4.69, 9.17) is 0 Å². The van der Waals surface area contributed by atoms with Crippen molar-refractivity contribution in [3.05, 3.63) is 41.3 Å². The quantitative estimate of drug-likeness (QED) is 0.881. The average molecular weight is 273 g/mol. The van der Waals surface area contributed by atoms with E-state index < -0.39 is 25.6 Å². The van der Waals surface area contributed by atoms with E-state index in [0.29, 0.717) is 5.69 Å². The summed E-state index contributed by atoms with van der Waals surface area (Å²) in [7, 11) is -7.03. The fraction of sp³-hybridized carbons (Fsp3) is 0.200. The largest absolute Gasteiger partial charge is 0.280 e. The zero-order valence-electron chi connectivity index (χ0n) is 8.83. The summed E-state index contributed by atoms with van der Waals surface area (Å²) in [6.07, 6.45) is 1.24. The zero-order chi connectivity index (χ0) is 12.5. The van der Waals surface area contributed by atoms with Crippen LogP contribution < -0.4 is 4.72 Å². The maximum Gasteiger partial charge on any atom is 0.258 e. The summed E-state index contributed by atoms with van der Waals surface area (Å²) in [5.41, 5.74) is 0.415. The molecule has 7 heteroatoms. The first-order valence-corrected chi connectivity index (χ1v) is 8.17. The molecule has 0 saturated carbocycles. The molecule has 1 aromatic rings. The van der Waals surface area contributed by atoms with Crippen LogP contribution in [-0.4, -0.2) is 28.3 Å². The van der Waals surface area contributed by atoms with Gasteiger partial charge in [-0.25, -0.2) is 16.8 Å². The van der Waals surface area contributed by atoms with Crippen molar-refractivity contribution in [3.63, 3.8) is 0 Å². The van der Waals surface area contributed by atoms with Gasteiger partial charge in [-0.15, -0.1) is 0 Å². The van der Waals surface area contributed by atoms with Crippen molar-refractivity contribution < 1.29 is 16.8 Å². The van der Waals surface area contributed by atoms with Gasteiger partial charge in [0.1, 0.15) is 0 Å². The second-order valence-corrected chi connectivity index (χ2v) is 7.54. The molecule has 2 rings (SSSR count). The lowest BCUT2D eigenvalue weighted by Gasteiger charge is -2.07. The van der Waals surface area contributed by atoms with Crippen LogP contribution in [0.25, 0.3) is 0 Å². The summed E-state index contributed by atoms with van der Waals surface area (Å²) < 4.78 is 48.4. The van der Waals surface area contributed by atoms with Gasteiger partial charge in [-0.3, -0.25) is 4.72 Å². The van der Waals surface area contributed by atoms with E-state index in [1.54, 1.807) is 30.3 Å². The molecule has 0 saturated heterocycles. The molecule has 0 aromatic heterocycles. The van der Waals surface area contributed by atoms with Gasteiger partial charge in [-0.2, -0.15) is 0 Å². The van der Waals surface area contributed by atoms with E-state index in [1.165, 1.54) is 6.08 Å². The molecule has 1 heterocycles. The van der Waals surface area contributed by atoms with E-state index in [2.05, 4.69) is 4.72 Å². The lowest BCUT2D eigenvalue weighted by molar-refractivity contribution is 0.599. The molecule has 1 aliphatic rings. The Kier molecular flexibility index (Phi) is 2.96. The molecule has 0 spiro atoms. The first-order chi connectivity index (χ1) is 7.89. The van der Waals surface area contributed by atoms with Crippen LogP contribution in [0, 0.1) is 0 Å². The van der Waals surface area contributed by atoms with Crippen molar-refractivity contribution >= 4 is 25.5 Å². The highest BCUT2D eigenvalue weighted by molar-refractivity contribution is 7.99. The van der Waals surface area contributed by atoms with Crippen LogP contribution in [0.5, 0.6) is 0 Å². The normalized spacial score (nSPS) is 18.7. The van der Waals surface area contributed by atoms with Crippen molar-refractivity contribution in [3.8, 4) is 0 Å². The summed E-state index contributed by atoms with van der Waals surface area (Å²) in [6, 6.07) is 8.34. The fourth-order valence-electron chi connectivity index (χ4n) is 1.47. The number of rotatable bonds is 3. The summed E-state index contributed by atoms with van der Waals surface area (Å²) in [5.74, 6) is -0.632. The Morgan fingerprint density at radius 1 is 1.12 bits per heavy atom. The Bertz CT molecular complexity index is 645. The average Bonchev–Trinajstić information content (AvgIpc) is 2.60. The molecule has 1 N–H and O–H groups in total. The van der Waals surface area contributed by atoms with Crippen LogP contribution in [-0.2, 0) is 19.9 Å². The number of para-hydroxylation sites is 1. The van der Waals surface area contributed by atoms with E-state index in [0.717, 1.165) is 0 Å². The molecule has 92 valence electrons. The van der Waals surface area contributed by atoms with E-state index in [9.17, 15) is 16.8 Å². The van der Waals surface area contributed by atoms with E-state index >= 15 is 0 Å². The maximum absolute atomic E-state index is 11.8. The molecule has 17 heavy (non-hydrogen) atoms. The smallest absolute Gasteiger partial charge is 0.258 e. The number of hydrogen-bond donors (Lipinski definition) is 1.